The van der Waals surface area contributed by atoms with E-state index in [0.717, 1.165) is 17.1 Å². The number of furan rings is 1. The second kappa shape index (κ2) is 9.42. The summed E-state index contributed by atoms with van der Waals surface area (Å²) < 4.78 is 22.3. The number of nitrogens with one attached hydrogen (secondary N) is 1. The number of nitrogens with zero attached hydrogens (tertiary/aromatic N) is 3. The summed E-state index contributed by atoms with van der Waals surface area (Å²) in [4.78, 5) is 27.7. The molecule has 0 aliphatic carbocycles. The molecule has 0 fully saturated rings. The Morgan fingerprint density at radius 1 is 1.28 bits per heavy atom. The van der Waals surface area contributed by atoms with Crippen LogP contribution in [0.3, 0.4) is 0 Å². The van der Waals surface area contributed by atoms with Crippen LogP contribution in [-0.4, -0.2) is 32.3 Å². The number of carbonyl (C=O) groups is 2. The highest BCUT2D eigenvalue weighted by Crippen LogP contribution is 2.27. The molecule has 0 saturated heterocycles. The van der Waals surface area contributed by atoms with Crippen molar-refractivity contribution in [2.75, 3.05) is 0 Å². The second-order valence-corrected chi connectivity index (χ2v) is 7.13. The van der Waals surface area contributed by atoms with E-state index in [-0.39, 0.29) is 24.1 Å². The van der Waals surface area contributed by atoms with Gasteiger partial charge in [-0.1, -0.05) is 23.5 Å². The minimum Gasteiger partial charge on any atom is -0.467 e. The third kappa shape index (κ3) is 4.86. The van der Waals surface area contributed by atoms with E-state index >= 15 is 0 Å². The zero-order chi connectivity index (χ0) is 20.8. The Labute approximate surface area is 171 Å². The minimum absolute atomic E-state index is 0.179. The molecule has 1 aromatic carbocycles. The third-order valence-electron chi connectivity index (χ3n) is 4.60. The lowest BCUT2D eigenvalue weighted by Gasteiger charge is -2.33. The van der Waals surface area contributed by atoms with Crippen LogP contribution in [0, 0.1) is 5.82 Å². The predicted molar refractivity (Wildman–Crippen MR) is 106 cm³/mol. The van der Waals surface area contributed by atoms with Gasteiger partial charge in [-0.25, -0.2) is 4.39 Å². The summed E-state index contributed by atoms with van der Waals surface area (Å²) in [6.07, 6.45) is 2.09. The predicted octanol–water partition coefficient (Wildman–Crippen LogP) is 3.57. The number of benzene rings is 1. The molecule has 0 saturated carbocycles. The first-order valence-corrected chi connectivity index (χ1v) is 10.00. The monoisotopic (exact) mass is 416 g/mol. The van der Waals surface area contributed by atoms with Gasteiger partial charge in [-0.3, -0.25) is 9.59 Å². The molecule has 7 nitrogen and oxygen atoms in total. The van der Waals surface area contributed by atoms with E-state index < -0.39 is 17.9 Å². The Morgan fingerprint density at radius 2 is 2.03 bits per heavy atom. The van der Waals surface area contributed by atoms with Crippen molar-refractivity contribution in [2.45, 2.75) is 38.9 Å². The molecule has 0 aliphatic rings. The summed E-state index contributed by atoms with van der Waals surface area (Å²) in [7, 11) is 0. The number of rotatable bonds is 8. The van der Waals surface area contributed by atoms with Gasteiger partial charge in [0.15, 0.2) is 11.7 Å². The Morgan fingerprint density at radius 3 is 2.62 bits per heavy atom. The highest BCUT2D eigenvalue weighted by molar-refractivity contribution is 7.03. The zero-order valence-electron chi connectivity index (χ0n) is 16.0. The lowest BCUT2D eigenvalue weighted by atomic mass is 10.1. The standard InChI is InChI=1S/C20H21FN4O3S/c1-3-13(2)25(20(27)16-12-29-24-23-16)18(17-5-4-10-28-17)19(26)22-11-14-6-8-15(21)9-7-14/h4-10,12-13,18H,3,11H2,1-2H3,(H,22,26)/t13-,18+/m1/s1. The molecule has 0 spiro atoms. The number of hydrogen-bond acceptors (Lipinski definition) is 6. The zero-order valence-corrected chi connectivity index (χ0v) is 16.9. The number of aromatic nitrogens is 2. The topological polar surface area (TPSA) is 88.3 Å². The molecule has 2 heterocycles. The first kappa shape index (κ1) is 20.7. The lowest BCUT2D eigenvalue weighted by molar-refractivity contribution is -0.127. The van der Waals surface area contributed by atoms with E-state index in [2.05, 4.69) is 14.9 Å². The fraction of sp³-hybridized carbons (Fsp3) is 0.300. The van der Waals surface area contributed by atoms with Crippen LogP contribution in [0.4, 0.5) is 4.39 Å². The van der Waals surface area contributed by atoms with Gasteiger partial charge in [0.2, 0.25) is 0 Å². The van der Waals surface area contributed by atoms with Gasteiger partial charge in [0.25, 0.3) is 11.8 Å². The number of amides is 2. The van der Waals surface area contributed by atoms with E-state index in [1.54, 1.807) is 29.6 Å². The van der Waals surface area contributed by atoms with Gasteiger partial charge in [-0.2, -0.15) is 0 Å². The molecule has 3 aromatic rings. The van der Waals surface area contributed by atoms with Crippen molar-refractivity contribution >= 4 is 23.3 Å². The van der Waals surface area contributed by atoms with Gasteiger partial charge in [-0.15, -0.1) is 5.10 Å². The van der Waals surface area contributed by atoms with Gasteiger partial charge < -0.3 is 14.6 Å². The third-order valence-corrected chi connectivity index (χ3v) is 5.10. The van der Waals surface area contributed by atoms with Gasteiger partial charge in [0.05, 0.1) is 6.26 Å². The molecule has 9 heteroatoms. The van der Waals surface area contributed by atoms with Crippen LogP contribution in [-0.2, 0) is 11.3 Å². The van der Waals surface area contributed by atoms with Crippen LogP contribution >= 0.6 is 11.5 Å². The molecular formula is C20H21FN4O3S. The molecule has 2 atom stereocenters. The fourth-order valence-electron chi connectivity index (χ4n) is 2.89. The van der Waals surface area contributed by atoms with Crippen LogP contribution < -0.4 is 5.32 Å². The maximum atomic E-state index is 13.1. The van der Waals surface area contributed by atoms with Gasteiger partial charge in [-0.05, 0) is 54.7 Å². The Hall–Kier alpha value is -3.07. The van der Waals surface area contributed by atoms with E-state index in [9.17, 15) is 14.0 Å². The van der Waals surface area contributed by atoms with Gasteiger partial charge >= 0.3 is 0 Å². The lowest BCUT2D eigenvalue weighted by Crippen LogP contribution is -2.47. The highest BCUT2D eigenvalue weighted by Gasteiger charge is 2.37. The van der Waals surface area contributed by atoms with Gasteiger partial charge in [0.1, 0.15) is 11.6 Å². The van der Waals surface area contributed by atoms with Crippen molar-refractivity contribution in [3.63, 3.8) is 0 Å². The van der Waals surface area contributed by atoms with Crippen LogP contribution in [0.5, 0.6) is 0 Å². The molecule has 29 heavy (non-hydrogen) atoms. The summed E-state index contributed by atoms with van der Waals surface area (Å²) in [5.74, 6) is -0.801. The summed E-state index contributed by atoms with van der Waals surface area (Å²) in [5, 5.41) is 8.22. The molecule has 3 rings (SSSR count). The number of carbonyl (C=O) groups excluding carboxylic acids is 2. The minimum atomic E-state index is -0.977. The summed E-state index contributed by atoms with van der Waals surface area (Å²) >= 11 is 1.07. The maximum Gasteiger partial charge on any atom is 0.276 e. The largest absolute Gasteiger partial charge is 0.467 e. The second-order valence-electron chi connectivity index (χ2n) is 6.52. The molecule has 0 bridgehead atoms. The van der Waals surface area contributed by atoms with Crippen molar-refractivity contribution in [3.8, 4) is 0 Å². The Bertz CT molecular complexity index is 929. The normalized spacial score (nSPS) is 12.9. The molecule has 1 N–H and O–H groups in total. The summed E-state index contributed by atoms with van der Waals surface area (Å²) in [6, 6.07) is 7.94. The number of hydrogen-bond donors (Lipinski definition) is 1. The van der Waals surface area contributed by atoms with Crippen molar-refractivity contribution in [1.29, 1.82) is 0 Å². The first-order valence-electron chi connectivity index (χ1n) is 9.16. The SMILES string of the molecule is CC[C@@H](C)N(C(=O)c1csnn1)[C@H](C(=O)NCc1ccc(F)cc1)c1ccco1. The van der Waals surface area contributed by atoms with E-state index in [0.29, 0.717) is 12.2 Å². The van der Waals surface area contributed by atoms with Crippen molar-refractivity contribution < 1.29 is 18.4 Å². The fourth-order valence-corrected chi connectivity index (χ4v) is 3.32. The molecule has 2 aromatic heterocycles. The van der Waals surface area contributed by atoms with Gasteiger partial charge in [0, 0.05) is 18.0 Å². The van der Waals surface area contributed by atoms with E-state index in [1.807, 2.05) is 13.8 Å². The van der Waals surface area contributed by atoms with E-state index in [1.165, 1.54) is 23.3 Å². The number of halogens is 1. The Kier molecular flexibility index (Phi) is 6.71. The quantitative estimate of drug-likeness (QED) is 0.606. The molecule has 0 unspecified atom stereocenters. The highest BCUT2D eigenvalue weighted by atomic mass is 32.1. The van der Waals surface area contributed by atoms with Crippen molar-refractivity contribution in [2.24, 2.45) is 0 Å². The van der Waals surface area contributed by atoms with E-state index in [4.69, 9.17) is 4.42 Å². The van der Waals surface area contributed by atoms with Crippen LogP contribution in [0.1, 0.15) is 48.1 Å². The van der Waals surface area contributed by atoms with Crippen LogP contribution in [0.2, 0.25) is 0 Å². The van der Waals surface area contributed by atoms with Crippen molar-refractivity contribution in [3.05, 3.63) is 70.9 Å². The summed E-state index contributed by atoms with van der Waals surface area (Å²) in [6.45, 7) is 3.98. The average molecular weight is 416 g/mol. The maximum absolute atomic E-state index is 13.1. The average Bonchev–Trinajstić information content (AvgIpc) is 3.44. The Balaban J connectivity index is 1.88. The molecule has 0 aliphatic heterocycles. The van der Waals surface area contributed by atoms with Crippen LogP contribution in [0.25, 0.3) is 0 Å². The molecule has 152 valence electrons. The van der Waals surface area contributed by atoms with Crippen molar-refractivity contribution in [1.82, 2.24) is 19.8 Å². The molecule has 2 amide bonds. The summed E-state index contributed by atoms with van der Waals surface area (Å²) in [5.41, 5.74) is 0.918. The molecule has 0 radical (unpaired) electrons. The smallest absolute Gasteiger partial charge is 0.276 e. The molecular weight excluding hydrogens is 395 g/mol. The first-order chi connectivity index (χ1) is 14.0. The van der Waals surface area contributed by atoms with Crippen LogP contribution in [0.15, 0.2) is 52.5 Å².